The SMILES string of the molecule is CCOc1ccc(-n2c(=S)[nH]c3ccsc3c2=O)cc1. The molecule has 20 heavy (non-hydrogen) atoms. The molecule has 1 aromatic carbocycles. The second-order valence-electron chi connectivity index (χ2n) is 4.16. The van der Waals surface area contributed by atoms with Gasteiger partial charge in [-0.2, -0.15) is 0 Å². The van der Waals surface area contributed by atoms with Crippen molar-refractivity contribution in [3.05, 3.63) is 50.8 Å². The number of hydrogen-bond acceptors (Lipinski definition) is 4. The van der Waals surface area contributed by atoms with Crippen molar-refractivity contribution in [1.82, 2.24) is 9.55 Å². The minimum atomic E-state index is -0.0945. The number of aromatic nitrogens is 2. The largest absolute Gasteiger partial charge is 0.494 e. The smallest absolute Gasteiger partial charge is 0.276 e. The maximum absolute atomic E-state index is 12.5. The van der Waals surface area contributed by atoms with Gasteiger partial charge in [-0.3, -0.25) is 9.36 Å². The molecule has 1 N–H and O–H groups in total. The molecule has 0 atom stereocenters. The van der Waals surface area contributed by atoms with Crippen molar-refractivity contribution in [2.45, 2.75) is 6.92 Å². The van der Waals surface area contributed by atoms with E-state index in [9.17, 15) is 4.79 Å². The van der Waals surface area contributed by atoms with Crippen LogP contribution in [0.3, 0.4) is 0 Å². The summed E-state index contributed by atoms with van der Waals surface area (Å²) in [6, 6.07) is 9.18. The van der Waals surface area contributed by atoms with E-state index in [4.69, 9.17) is 17.0 Å². The van der Waals surface area contributed by atoms with Crippen LogP contribution in [0, 0.1) is 4.77 Å². The third kappa shape index (κ3) is 2.17. The summed E-state index contributed by atoms with van der Waals surface area (Å²) in [5.41, 5.74) is 1.42. The van der Waals surface area contributed by atoms with Gasteiger partial charge in [0.1, 0.15) is 10.4 Å². The molecule has 3 rings (SSSR count). The van der Waals surface area contributed by atoms with Gasteiger partial charge >= 0.3 is 0 Å². The molecule has 0 saturated carbocycles. The van der Waals surface area contributed by atoms with Crippen molar-refractivity contribution in [2.75, 3.05) is 6.61 Å². The lowest BCUT2D eigenvalue weighted by atomic mass is 10.3. The van der Waals surface area contributed by atoms with Crippen LogP contribution in [0.15, 0.2) is 40.5 Å². The number of H-pyrrole nitrogens is 1. The van der Waals surface area contributed by atoms with Crippen LogP contribution < -0.4 is 10.3 Å². The lowest BCUT2D eigenvalue weighted by Crippen LogP contribution is -2.19. The first-order valence-corrected chi connectivity index (χ1v) is 7.45. The normalized spacial score (nSPS) is 10.8. The van der Waals surface area contributed by atoms with Gasteiger partial charge < -0.3 is 9.72 Å². The third-order valence-electron chi connectivity index (χ3n) is 2.91. The molecule has 0 radical (unpaired) electrons. The van der Waals surface area contributed by atoms with E-state index in [2.05, 4.69) is 4.98 Å². The molecule has 3 aromatic rings. The fraction of sp³-hybridized carbons (Fsp3) is 0.143. The van der Waals surface area contributed by atoms with Crippen molar-refractivity contribution in [2.24, 2.45) is 0 Å². The summed E-state index contributed by atoms with van der Waals surface area (Å²) < 4.78 is 7.97. The first-order valence-electron chi connectivity index (χ1n) is 6.16. The molecule has 0 spiro atoms. The van der Waals surface area contributed by atoms with Crippen LogP contribution in [0.25, 0.3) is 15.9 Å². The summed E-state index contributed by atoms with van der Waals surface area (Å²) in [5.74, 6) is 0.774. The van der Waals surface area contributed by atoms with Gasteiger partial charge in [0.05, 0.1) is 17.8 Å². The molecule has 0 fully saturated rings. The van der Waals surface area contributed by atoms with E-state index in [1.54, 1.807) is 0 Å². The van der Waals surface area contributed by atoms with Gasteiger partial charge in [0, 0.05) is 0 Å². The fourth-order valence-corrected chi connectivity index (χ4v) is 3.11. The predicted molar refractivity (Wildman–Crippen MR) is 83.8 cm³/mol. The summed E-state index contributed by atoms with van der Waals surface area (Å²) in [5, 5.41) is 1.87. The fourth-order valence-electron chi connectivity index (χ4n) is 2.03. The summed E-state index contributed by atoms with van der Waals surface area (Å²) in [7, 11) is 0. The number of hydrogen-bond donors (Lipinski definition) is 1. The zero-order chi connectivity index (χ0) is 14.1. The van der Waals surface area contributed by atoms with Crippen LogP contribution in [0.4, 0.5) is 0 Å². The van der Waals surface area contributed by atoms with E-state index < -0.39 is 0 Å². The van der Waals surface area contributed by atoms with E-state index in [0.717, 1.165) is 17.0 Å². The highest BCUT2D eigenvalue weighted by atomic mass is 32.1. The molecule has 0 aliphatic heterocycles. The molecule has 2 heterocycles. The molecule has 6 heteroatoms. The number of nitrogens with one attached hydrogen (secondary N) is 1. The lowest BCUT2D eigenvalue weighted by Gasteiger charge is -2.08. The number of benzene rings is 1. The van der Waals surface area contributed by atoms with Crippen LogP contribution in [-0.4, -0.2) is 16.2 Å². The molecule has 4 nitrogen and oxygen atoms in total. The van der Waals surface area contributed by atoms with Crippen LogP contribution in [-0.2, 0) is 0 Å². The predicted octanol–water partition coefficient (Wildman–Crippen LogP) is 3.51. The van der Waals surface area contributed by atoms with E-state index in [-0.39, 0.29) is 5.56 Å². The second-order valence-corrected chi connectivity index (χ2v) is 5.46. The molecule has 0 aliphatic carbocycles. The van der Waals surface area contributed by atoms with Gasteiger partial charge in [-0.25, -0.2) is 0 Å². The molecular weight excluding hydrogens is 292 g/mol. The van der Waals surface area contributed by atoms with E-state index in [1.165, 1.54) is 15.9 Å². The summed E-state index contributed by atoms with van der Waals surface area (Å²) >= 11 is 6.69. The molecule has 0 bridgehead atoms. The highest BCUT2D eigenvalue weighted by Crippen LogP contribution is 2.18. The molecular formula is C14H12N2O2S2. The van der Waals surface area contributed by atoms with Crippen molar-refractivity contribution >= 4 is 33.8 Å². The van der Waals surface area contributed by atoms with Crippen molar-refractivity contribution in [3.8, 4) is 11.4 Å². The monoisotopic (exact) mass is 304 g/mol. The van der Waals surface area contributed by atoms with Crippen LogP contribution in [0.1, 0.15) is 6.92 Å². The standard InChI is InChI=1S/C14H12N2O2S2/c1-2-18-10-5-3-9(4-6-10)16-13(17)12-11(7-8-20-12)15-14(16)19/h3-8H,2H2,1H3,(H,15,19). The molecule has 0 amide bonds. The Labute approximate surface area is 124 Å². The number of ether oxygens (including phenoxy) is 1. The minimum Gasteiger partial charge on any atom is -0.494 e. The number of rotatable bonds is 3. The van der Waals surface area contributed by atoms with Gasteiger partial charge in [-0.05, 0) is 54.9 Å². The van der Waals surface area contributed by atoms with Gasteiger partial charge in [-0.15, -0.1) is 11.3 Å². The van der Waals surface area contributed by atoms with E-state index in [1.807, 2.05) is 42.6 Å². The number of thiophene rings is 1. The maximum Gasteiger partial charge on any atom is 0.276 e. The van der Waals surface area contributed by atoms with Crippen molar-refractivity contribution < 1.29 is 4.74 Å². The Morgan fingerprint density at radius 2 is 2.05 bits per heavy atom. The topological polar surface area (TPSA) is 47.0 Å². The Morgan fingerprint density at radius 1 is 1.30 bits per heavy atom. The first-order chi connectivity index (χ1) is 9.70. The average molecular weight is 304 g/mol. The zero-order valence-corrected chi connectivity index (χ0v) is 12.4. The van der Waals surface area contributed by atoms with Gasteiger partial charge in [0.2, 0.25) is 0 Å². The number of aromatic amines is 1. The Balaban J connectivity index is 2.18. The number of nitrogens with zero attached hydrogens (tertiary/aromatic N) is 1. The van der Waals surface area contributed by atoms with Crippen LogP contribution >= 0.6 is 23.6 Å². The second kappa shape index (κ2) is 5.22. The lowest BCUT2D eigenvalue weighted by molar-refractivity contribution is 0.340. The van der Waals surface area contributed by atoms with Gasteiger partial charge in [0.25, 0.3) is 5.56 Å². The third-order valence-corrected chi connectivity index (χ3v) is 4.10. The van der Waals surface area contributed by atoms with E-state index >= 15 is 0 Å². The van der Waals surface area contributed by atoms with Crippen LogP contribution in [0.5, 0.6) is 5.75 Å². The maximum atomic E-state index is 12.5. The summed E-state index contributed by atoms with van der Waals surface area (Å²) in [6.45, 7) is 2.54. The van der Waals surface area contributed by atoms with E-state index in [0.29, 0.717) is 16.1 Å². The molecule has 0 unspecified atom stereocenters. The first kappa shape index (κ1) is 13.1. The average Bonchev–Trinajstić information content (AvgIpc) is 2.89. The van der Waals surface area contributed by atoms with Crippen molar-refractivity contribution in [3.63, 3.8) is 0 Å². The van der Waals surface area contributed by atoms with Gasteiger partial charge in [-0.1, -0.05) is 0 Å². The van der Waals surface area contributed by atoms with Crippen LogP contribution in [0.2, 0.25) is 0 Å². The molecule has 102 valence electrons. The minimum absolute atomic E-state index is 0.0945. The van der Waals surface area contributed by atoms with Gasteiger partial charge in [0.15, 0.2) is 4.77 Å². The molecule has 0 aliphatic rings. The molecule has 2 aromatic heterocycles. The highest BCUT2D eigenvalue weighted by Gasteiger charge is 2.08. The number of fused-ring (bicyclic) bond motifs is 1. The zero-order valence-electron chi connectivity index (χ0n) is 10.8. The quantitative estimate of drug-likeness (QED) is 0.753. The molecule has 0 saturated heterocycles. The Hall–Kier alpha value is -1.92. The highest BCUT2D eigenvalue weighted by molar-refractivity contribution is 7.71. The summed E-state index contributed by atoms with van der Waals surface area (Å²) in [6.07, 6.45) is 0. The van der Waals surface area contributed by atoms with Crippen molar-refractivity contribution in [1.29, 1.82) is 0 Å². The Kier molecular flexibility index (Phi) is 3.42. The Bertz CT molecular complexity index is 859. The summed E-state index contributed by atoms with van der Waals surface area (Å²) in [4.78, 5) is 15.6. The Morgan fingerprint density at radius 3 is 2.75 bits per heavy atom.